The van der Waals surface area contributed by atoms with Gasteiger partial charge in [-0.2, -0.15) is 0 Å². The van der Waals surface area contributed by atoms with Gasteiger partial charge in [-0.05, 0) is 44.5 Å². The van der Waals surface area contributed by atoms with Gasteiger partial charge in [0, 0.05) is 18.1 Å². The summed E-state index contributed by atoms with van der Waals surface area (Å²) in [5, 5.41) is 0. The molecule has 0 fully saturated rings. The van der Waals surface area contributed by atoms with Gasteiger partial charge in [-0.25, -0.2) is 4.79 Å². The van der Waals surface area contributed by atoms with Crippen molar-refractivity contribution in [3.05, 3.63) is 42.0 Å². The molecule has 0 aliphatic heterocycles. The monoisotopic (exact) mass is 346 g/mol. The number of ketones is 1. The highest BCUT2D eigenvalue weighted by Crippen LogP contribution is 2.18. The Balaban J connectivity index is 2.57. The number of unbranched alkanes of at least 4 members (excludes halogenated alkanes) is 5. The van der Waals surface area contributed by atoms with E-state index in [1.165, 1.54) is 38.7 Å². The molecular formula is C21H30O4. The van der Waals surface area contributed by atoms with E-state index in [2.05, 4.69) is 6.92 Å². The first kappa shape index (κ1) is 20.9. The number of esters is 1. The molecule has 0 N–H and O–H groups in total. The van der Waals surface area contributed by atoms with Gasteiger partial charge in [0.1, 0.15) is 5.75 Å². The predicted molar refractivity (Wildman–Crippen MR) is 99.8 cm³/mol. The number of allylic oxidation sites excluding steroid dienone is 1. The van der Waals surface area contributed by atoms with Crippen molar-refractivity contribution < 1.29 is 19.1 Å². The fourth-order valence-corrected chi connectivity index (χ4v) is 2.46. The van der Waals surface area contributed by atoms with E-state index in [0.29, 0.717) is 17.7 Å². The van der Waals surface area contributed by atoms with E-state index in [0.717, 1.165) is 12.8 Å². The average molecular weight is 346 g/mol. The van der Waals surface area contributed by atoms with E-state index in [1.54, 1.807) is 37.3 Å². The lowest BCUT2D eigenvalue weighted by Crippen LogP contribution is -2.23. The third-order valence-corrected chi connectivity index (χ3v) is 3.87. The van der Waals surface area contributed by atoms with Crippen LogP contribution in [-0.4, -0.2) is 18.0 Å². The summed E-state index contributed by atoms with van der Waals surface area (Å²) in [7, 11) is 0. The molecule has 0 aliphatic carbocycles. The zero-order valence-corrected chi connectivity index (χ0v) is 15.6. The summed E-state index contributed by atoms with van der Waals surface area (Å²) < 4.78 is 11.2. The number of carbonyl (C=O) groups is 2. The van der Waals surface area contributed by atoms with Gasteiger partial charge in [0.2, 0.25) is 6.29 Å². The Kier molecular flexibility index (Phi) is 10.3. The van der Waals surface area contributed by atoms with Crippen molar-refractivity contribution in [1.82, 2.24) is 0 Å². The minimum absolute atomic E-state index is 0.00897. The lowest BCUT2D eigenvalue weighted by atomic mass is 10.1. The van der Waals surface area contributed by atoms with E-state index in [1.807, 2.05) is 0 Å². The molecule has 1 unspecified atom stereocenters. The van der Waals surface area contributed by atoms with Crippen LogP contribution >= 0.6 is 0 Å². The molecule has 0 aromatic heterocycles. The van der Waals surface area contributed by atoms with Crippen LogP contribution in [-0.2, 0) is 9.53 Å². The highest BCUT2D eigenvalue weighted by Gasteiger charge is 2.14. The molecule has 4 nitrogen and oxygen atoms in total. The highest BCUT2D eigenvalue weighted by atomic mass is 16.7. The van der Waals surface area contributed by atoms with Crippen LogP contribution in [0.1, 0.15) is 76.1 Å². The van der Waals surface area contributed by atoms with Crippen molar-refractivity contribution in [3.63, 3.8) is 0 Å². The predicted octanol–water partition coefficient (Wildman–Crippen LogP) is 5.46. The summed E-state index contributed by atoms with van der Waals surface area (Å²) in [4.78, 5) is 23.1. The van der Waals surface area contributed by atoms with Crippen LogP contribution < -0.4 is 4.74 Å². The maximum Gasteiger partial charge on any atom is 0.333 e. The SMILES string of the molecule is CC=CC(=O)OC(CCCCCCCC)Oc1ccc(C(C)=O)cc1. The lowest BCUT2D eigenvalue weighted by Gasteiger charge is -2.19. The first-order valence-electron chi connectivity index (χ1n) is 9.17. The van der Waals surface area contributed by atoms with E-state index in [-0.39, 0.29) is 5.78 Å². The second kappa shape index (κ2) is 12.3. The molecule has 1 atom stereocenters. The maximum absolute atomic E-state index is 11.7. The van der Waals surface area contributed by atoms with Crippen molar-refractivity contribution in [2.24, 2.45) is 0 Å². The zero-order valence-electron chi connectivity index (χ0n) is 15.6. The maximum atomic E-state index is 11.7. The molecule has 1 aromatic rings. The van der Waals surface area contributed by atoms with E-state index < -0.39 is 12.3 Å². The van der Waals surface area contributed by atoms with Crippen LogP contribution in [0.15, 0.2) is 36.4 Å². The van der Waals surface area contributed by atoms with Gasteiger partial charge in [-0.15, -0.1) is 0 Å². The Bertz CT molecular complexity index is 546. The molecule has 1 rings (SSSR count). The largest absolute Gasteiger partial charge is 0.455 e. The molecule has 0 heterocycles. The number of Topliss-reactive ketones (excluding diaryl/α,β-unsaturated/α-hetero) is 1. The first-order chi connectivity index (χ1) is 12.1. The second-order valence-electron chi connectivity index (χ2n) is 6.12. The van der Waals surface area contributed by atoms with Gasteiger partial charge in [0.25, 0.3) is 0 Å². The van der Waals surface area contributed by atoms with Crippen LogP contribution in [0.25, 0.3) is 0 Å². The van der Waals surface area contributed by atoms with Gasteiger partial charge in [0.05, 0.1) is 0 Å². The molecule has 0 saturated carbocycles. The molecule has 0 bridgehead atoms. The third kappa shape index (κ3) is 9.08. The van der Waals surface area contributed by atoms with E-state index >= 15 is 0 Å². The van der Waals surface area contributed by atoms with Crippen molar-refractivity contribution in [2.45, 2.75) is 72.0 Å². The summed E-state index contributed by atoms with van der Waals surface area (Å²) in [6, 6.07) is 6.89. The summed E-state index contributed by atoms with van der Waals surface area (Å²) in [5.41, 5.74) is 0.630. The molecule has 138 valence electrons. The Morgan fingerprint density at radius 1 is 1.04 bits per heavy atom. The normalized spacial score (nSPS) is 12.1. The zero-order chi connectivity index (χ0) is 18.5. The summed E-state index contributed by atoms with van der Waals surface area (Å²) in [6.07, 6.45) is 10.0. The molecule has 25 heavy (non-hydrogen) atoms. The molecule has 0 spiro atoms. The third-order valence-electron chi connectivity index (χ3n) is 3.87. The average Bonchev–Trinajstić information content (AvgIpc) is 2.58. The van der Waals surface area contributed by atoms with Crippen molar-refractivity contribution in [1.29, 1.82) is 0 Å². The minimum atomic E-state index is -0.613. The fraction of sp³-hybridized carbons (Fsp3) is 0.524. The van der Waals surface area contributed by atoms with Crippen LogP contribution in [0.3, 0.4) is 0 Å². The number of ether oxygens (including phenoxy) is 2. The number of hydrogen-bond acceptors (Lipinski definition) is 4. The standard InChI is InChI=1S/C21H30O4/c1-4-6-7-8-9-10-12-21(25-20(23)11-5-2)24-19-15-13-18(14-16-19)17(3)22/h5,11,13-16,21H,4,6-10,12H2,1-3H3. The van der Waals surface area contributed by atoms with Crippen LogP contribution in [0.2, 0.25) is 0 Å². The Labute approximate surface area is 151 Å². The van der Waals surface area contributed by atoms with E-state index in [9.17, 15) is 9.59 Å². The van der Waals surface area contributed by atoms with Crippen molar-refractivity contribution in [2.75, 3.05) is 0 Å². The number of rotatable bonds is 12. The van der Waals surface area contributed by atoms with Crippen LogP contribution in [0.5, 0.6) is 5.75 Å². The van der Waals surface area contributed by atoms with Gasteiger partial charge in [0.15, 0.2) is 5.78 Å². The number of benzene rings is 1. The van der Waals surface area contributed by atoms with Crippen molar-refractivity contribution >= 4 is 11.8 Å². The van der Waals surface area contributed by atoms with Gasteiger partial charge in [-0.3, -0.25) is 4.79 Å². The minimum Gasteiger partial charge on any atom is -0.455 e. The van der Waals surface area contributed by atoms with Crippen LogP contribution in [0, 0.1) is 0 Å². The highest BCUT2D eigenvalue weighted by molar-refractivity contribution is 5.94. The molecular weight excluding hydrogens is 316 g/mol. The Morgan fingerprint density at radius 2 is 1.68 bits per heavy atom. The van der Waals surface area contributed by atoms with Crippen LogP contribution in [0.4, 0.5) is 0 Å². The van der Waals surface area contributed by atoms with Gasteiger partial charge < -0.3 is 9.47 Å². The Hall–Kier alpha value is -2.10. The Morgan fingerprint density at radius 3 is 2.28 bits per heavy atom. The topological polar surface area (TPSA) is 52.6 Å². The first-order valence-corrected chi connectivity index (χ1v) is 9.17. The number of hydrogen-bond donors (Lipinski definition) is 0. The summed E-state index contributed by atoms with van der Waals surface area (Å²) in [6.45, 7) is 5.49. The molecule has 0 aliphatic rings. The summed E-state index contributed by atoms with van der Waals surface area (Å²) >= 11 is 0. The smallest absolute Gasteiger partial charge is 0.333 e. The molecule has 0 amide bonds. The van der Waals surface area contributed by atoms with Gasteiger partial charge >= 0.3 is 5.97 Å². The second-order valence-corrected chi connectivity index (χ2v) is 6.12. The fourth-order valence-electron chi connectivity index (χ4n) is 2.46. The van der Waals surface area contributed by atoms with Crippen molar-refractivity contribution in [3.8, 4) is 5.75 Å². The van der Waals surface area contributed by atoms with Gasteiger partial charge in [-0.1, -0.05) is 45.1 Å². The molecule has 0 saturated heterocycles. The summed E-state index contributed by atoms with van der Waals surface area (Å²) in [5.74, 6) is 0.197. The lowest BCUT2D eigenvalue weighted by molar-refractivity contribution is -0.158. The molecule has 0 radical (unpaired) electrons. The quantitative estimate of drug-likeness (QED) is 0.166. The van der Waals surface area contributed by atoms with E-state index in [4.69, 9.17) is 9.47 Å². The number of carbonyl (C=O) groups excluding carboxylic acids is 2. The molecule has 1 aromatic carbocycles. The molecule has 4 heteroatoms.